The van der Waals surface area contributed by atoms with E-state index >= 15 is 0 Å². The van der Waals surface area contributed by atoms with Crippen LogP contribution < -0.4 is 0 Å². The minimum absolute atomic E-state index is 0.238. The Morgan fingerprint density at radius 2 is 1.83 bits per heavy atom. The number of esters is 1. The van der Waals surface area contributed by atoms with Gasteiger partial charge in [0.1, 0.15) is 11.1 Å². The third-order valence-electron chi connectivity index (χ3n) is 1.66. The number of halogens is 1. The smallest absolute Gasteiger partial charge is 0.347 e. The molecule has 6 heteroatoms. The van der Waals surface area contributed by atoms with E-state index in [1.165, 1.54) is 23.5 Å². The normalized spacial score (nSPS) is 10.4. The van der Waals surface area contributed by atoms with Crippen molar-refractivity contribution in [3.8, 4) is 0 Å². The molecule has 0 N–H and O–H groups in total. The van der Waals surface area contributed by atoms with Crippen molar-refractivity contribution >= 4 is 45.4 Å². The van der Waals surface area contributed by atoms with Gasteiger partial charge >= 0.3 is 5.97 Å². The monoisotopic (exact) mass is 352 g/mol. The summed E-state index contributed by atoms with van der Waals surface area (Å²) in [6, 6.07) is 0. The van der Waals surface area contributed by atoms with Crippen LogP contribution in [0.25, 0.3) is 0 Å². The summed E-state index contributed by atoms with van der Waals surface area (Å²) in [7, 11) is 0. The van der Waals surface area contributed by atoms with Gasteiger partial charge in [-0.2, -0.15) is 0 Å². The molecule has 0 aliphatic carbocycles. The molecule has 3 nitrogen and oxygen atoms in total. The lowest BCUT2D eigenvalue weighted by Crippen LogP contribution is -2.05. The van der Waals surface area contributed by atoms with Gasteiger partial charge < -0.3 is 9.47 Å². The molecule has 0 unspecified atom stereocenters. The summed E-state index contributed by atoms with van der Waals surface area (Å²) in [5.41, 5.74) is 0. The van der Waals surface area contributed by atoms with Gasteiger partial charge in [0.2, 0.25) is 0 Å². The van der Waals surface area contributed by atoms with Crippen LogP contribution in [-0.4, -0.2) is 38.3 Å². The molecule has 0 radical (unpaired) electrons. The molecule has 102 valence electrons. The van der Waals surface area contributed by atoms with Crippen molar-refractivity contribution in [2.45, 2.75) is 0 Å². The van der Waals surface area contributed by atoms with E-state index in [0.29, 0.717) is 17.7 Å². The van der Waals surface area contributed by atoms with Crippen LogP contribution in [0.5, 0.6) is 0 Å². The summed E-state index contributed by atoms with van der Waals surface area (Å²) >= 11 is 6.25. The van der Waals surface area contributed by atoms with Crippen LogP contribution in [0, 0.1) is 0 Å². The van der Waals surface area contributed by atoms with Crippen LogP contribution in [0.3, 0.4) is 0 Å². The molecular formula is C12H17BrO3S2. The van der Waals surface area contributed by atoms with Crippen molar-refractivity contribution in [2.24, 2.45) is 0 Å². The maximum absolute atomic E-state index is 11.6. The number of rotatable bonds is 9. The highest BCUT2D eigenvalue weighted by atomic mass is 79.9. The predicted molar refractivity (Wildman–Crippen MR) is 84.1 cm³/mol. The topological polar surface area (TPSA) is 35.5 Å². The van der Waals surface area contributed by atoms with Gasteiger partial charge in [-0.1, -0.05) is 12.2 Å². The summed E-state index contributed by atoms with van der Waals surface area (Å²) in [4.78, 5) is 11.6. The molecule has 0 fully saturated rings. The molecule has 0 aliphatic rings. The Morgan fingerprint density at radius 3 is 2.39 bits per heavy atom. The molecule has 0 rings (SSSR count). The Balaban J connectivity index is 3.96. The predicted octanol–water partition coefficient (Wildman–Crippen LogP) is 3.58. The fourth-order valence-electron chi connectivity index (χ4n) is 0.889. The molecule has 18 heavy (non-hydrogen) atoms. The molecule has 0 heterocycles. The van der Waals surface area contributed by atoms with E-state index in [1.807, 2.05) is 12.5 Å². The number of carbonyl (C=O) groups is 1. The molecule has 0 spiro atoms. The number of ether oxygens (including phenoxy) is 2. The second-order valence-electron chi connectivity index (χ2n) is 2.91. The highest BCUT2D eigenvalue weighted by molar-refractivity contribution is 9.12. The van der Waals surface area contributed by atoms with E-state index in [4.69, 9.17) is 9.47 Å². The number of carbonyl (C=O) groups excluding carboxylic acids is 1. The first-order valence-corrected chi connectivity index (χ1v) is 8.40. The summed E-state index contributed by atoms with van der Waals surface area (Å²) < 4.78 is 11.6. The Morgan fingerprint density at radius 1 is 1.22 bits per heavy atom. The first kappa shape index (κ1) is 17.8. The zero-order valence-corrected chi connectivity index (χ0v) is 13.7. The fraction of sp³-hybridized carbons (Fsp3) is 0.417. The second kappa shape index (κ2) is 11.9. The Labute approximate surface area is 125 Å². The zero-order chi connectivity index (χ0) is 13.8. The van der Waals surface area contributed by atoms with Crippen molar-refractivity contribution < 1.29 is 14.3 Å². The molecule has 0 bridgehead atoms. The molecule has 0 aromatic carbocycles. The lowest BCUT2D eigenvalue weighted by Gasteiger charge is -2.04. The van der Waals surface area contributed by atoms with Gasteiger partial charge in [0.25, 0.3) is 0 Å². The quantitative estimate of drug-likeness (QED) is 0.274. The average Bonchev–Trinajstić information content (AvgIpc) is 2.38. The van der Waals surface area contributed by atoms with E-state index in [2.05, 4.69) is 22.5 Å². The summed E-state index contributed by atoms with van der Waals surface area (Å²) in [6.45, 7) is 4.78. The van der Waals surface area contributed by atoms with Crippen LogP contribution in [0.1, 0.15) is 0 Å². The van der Waals surface area contributed by atoms with Crippen molar-refractivity contribution in [3.05, 3.63) is 33.5 Å². The molecule has 0 atom stereocenters. The van der Waals surface area contributed by atoms with Crippen molar-refractivity contribution in [1.82, 2.24) is 0 Å². The highest BCUT2D eigenvalue weighted by Crippen LogP contribution is 2.31. The molecule has 0 saturated carbocycles. The molecule has 0 amide bonds. The third-order valence-corrected chi connectivity index (χ3v) is 5.05. The van der Waals surface area contributed by atoms with Gasteiger partial charge in [-0.3, -0.25) is 0 Å². The minimum atomic E-state index is -0.356. The fourth-order valence-corrected chi connectivity index (χ4v) is 3.17. The standard InChI is InChI=1S/C12H17BrO3S2/c1-4-7-15-8-5-6-9-16-11(14)10(13)12(17-2)18-3/h4-6H,1,7-9H2,2-3H3/b6-5-. The van der Waals surface area contributed by atoms with E-state index in [9.17, 15) is 4.79 Å². The van der Waals surface area contributed by atoms with Gasteiger partial charge in [0, 0.05) is 0 Å². The molecule has 0 aromatic heterocycles. The SMILES string of the molecule is C=CCOC/C=C\COC(=O)C(Br)=C(SC)SC. The third kappa shape index (κ3) is 8.02. The van der Waals surface area contributed by atoms with Crippen molar-refractivity contribution in [1.29, 1.82) is 0 Å². The van der Waals surface area contributed by atoms with Crippen LogP contribution in [0.2, 0.25) is 0 Å². The van der Waals surface area contributed by atoms with E-state index in [-0.39, 0.29) is 12.6 Å². The lowest BCUT2D eigenvalue weighted by molar-refractivity contribution is -0.136. The summed E-state index contributed by atoms with van der Waals surface area (Å²) in [5.74, 6) is -0.356. The van der Waals surface area contributed by atoms with Gasteiger partial charge in [-0.15, -0.1) is 30.1 Å². The zero-order valence-electron chi connectivity index (χ0n) is 10.5. The second-order valence-corrected chi connectivity index (χ2v) is 5.59. The van der Waals surface area contributed by atoms with Crippen molar-refractivity contribution in [2.75, 3.05) is 32.3 Å². The largest absolute Gasteiger partial charge is 0.457 e. The van der Waals surface area contributed by atoms with Gasteiger partial charge in [0.15, 0.2) is 0 Å². The first-order chi connectivity index (χ1) is 8.67. The summed E-state index contributed by atoms with van der Waals surface area (Å²) in [6.07, 6.45) is 9.06. The minimum Gasteiger partial charge on any atom is -0.457 e. The Kier molecular flexibility index (Phi) is 11.8. The number of thioether (sulfide) groups is 2. The molecule has 0 aromatic rings. The van der Waals surface area contributed by atoms with Crippen LogP contribution in [0.15, 0.2) is 33.5 Å². The molecule has 0 saturated heterocycles. The lowest BCUT2D eigenvalue weighted by atomic mass is 10.5. The molecular weight excluding hydrogens is 336 g/mol. The van der Waals surface area contributed by atoms with E-state index < -0.39 is 0 Å². The van der Waals surface area contributed by atoms with Crippen LogP contribution in [0.4, 0.5) is 0 Å². The maximum Gasteiger partial charge on any atom is 0.347 e. The Hall–Kier alpha value is -0.170. The van der Waals surface area contributed by atoms with Crippen LogP contribution >= 0.6 is 39.5 Å². The first-order valence-electron chi connectivity index (χ1n) is 5.15. The van der Waals surface area contributed by atoms with Gasteiger partial charge in [-0.25, -0.2) is 4.79 Å². The highest BCUT2D eigenvalue weighted by Gasteiger charge is 2.12. The number of hydrogen-bond acceptors (Lipinski definition) is 5. The summed E-state index contributed by atoms with van der Waals surface area (Å²) in [5, 5.41) is 0. The number of hydrogen-bond donors (Lipinski definition) is 0. The Bertz CT molecular complexity index is 321. The van der Waals surface area contributed by atoms with E-state index in [1.54, 1.807) is 18.2 Å². The molecule has 0 aliphatic heterocycles. The average molecular weight is 353 g/mol. The van der Waals surface area contributed by atoms with Crippen LogP contribution in [-0.2, 0) is 14.3 Å². The van der Waals surface area contributed by atoms with Gasteiger partial charge in [0.05, 0.1) is 17.5 Å². The van der Waals surface area contributed by atoms with Crippen molar-refractivity contribution in [3.63, 3.8) is 0 Å². The maximum atomic E-state index is 11.6. The van der Waals surface area contributed by atoms with E-state index in [0.717, 1.165) is 4.24 Å². The van der Waals surface area contributed by atoms with Gasteiger partial charge in [-0.05, 0) is 34.5 Å².